The minimum Gasteiger partial charge on any atom is -0.481 e. The average Bonchev–Trinajstić information content (AvgIpc) is 2.60. The number of primary amides is 1. The summed E-state index contributed by atoms with van der Waals surface area (Å²) in [4.78, 5) is 25.6. The van der Waals surface area contributed by atoms with Crippen LogP contribution in [0.15, 0.2) is 9.72 Å². The first kappa shape index (κ1) is 13.0. The van der Waals surface area contributed by atoms with E-state index < -0.39 is 5.97 Å². The molecule has 1 aromatic heterocycles. The molecule has 5 nitrogen and oxygen atoms in total. The molecule has 7 heteroatoms. The van der Waals surface area contributed by atoms with Gasteiger partial charge < -0.3 is 10.8 Å². The van der Waals surface area contributed by atoms with Crippen LogP contribution in [-0.4, -0.2) is 27.2 Å². The number of carboxylic acids is 1. The Kier molecular flexibility index (Phi) is 4.75. The van der Waals surface area contributed by atoms with Crippen molar-refractivity contribution in [3.8, 4) is 0 Å². The van der Waals surface area contributed by atoms with Gasteiger partial charge in [-0.05, 0) is 6.42 Å². The van der Waals surface area contributed by atoms with E-state index in [0.717, 1.165) is 0 Å². The van der Waals surface area contributed by atoms with Crippen LogP contribution in [-0.2, 0) is 16.0 Å². The second-order valence-electron chi connectivity index (χ2n) is 3.09. The second kappa shape index (κ2) is 5.86. The fraction of sp³-hybridized carbons (Fsp3) is 0.444. The summed E-state index contributed by atoms with van der Waals surface area (Å²) < 4.78 is 0.682. The number of rotatable bonds is 6. The van der Waals surface area contributed by atoms with Gasteiger partial charge in [-0.2, -0.15) is 0 Å². The number of thioether (sulfide) groups is 1. The highest BCUT2D eigenvalue weighted by Gasteiger charge is 2.16. The van der Waals surface area contributed by atoms with E-state index in [9.17, 15) is 9.59 Å². The number of carbonyl (C=O) groups is 2. The lowest BCUT2D eigenvalue weighted by Gasteiger charge is -2.06. The molecule has 88 valence electrons. The molecule has 0 radical (unpaired) electrons. The molecule has 0 saturated carbocycles. The summed E-state index contributed by atoms with van der Waals surface area (Å²) in [5, 5.41) is 9.96. The molecule has 0 aliphatic heterocycles. The van der Waals surface area contributed by atoms with Crippen LogP contribution in [0, 0.1) is 0 Å². The number of carboxylic acid groups (broad SMARTS) is 1. The van der Waals surface area contributed by atoms with E-state index in [1.54, 1.807) is 5.38 Å². The lowest BCUT2D eigenvalue weighted by molar-refractivity contribution is -0.136. The Balaban J connectivity index is 2.64. The first-order valence-electron chi connectivity index (χ1n) is 4.65. The summed E-state index contributed by atoms with van der Waals surface area (Å²) in [7, 11) is 0. The van der Waals surface area contributed by atoms with Crippen LogP contribution in [0.5, 0.6) is 0 Å². The Morgan fingerprint density at radius 2 is 2.38 bits per heavy atom. The number of aliphatic carboxylic acids is 1. The Morgan fingerprint density at radius 1 is 1.69 bits per heavy atom. The van der Waals surface area contributed by atoms with Crippen LogP contribution in [0.25, 0.3) is 0 Å². The molecule has 0 spiro atoms. The van der Waals surface area contributed by atoms with Crippen molar-refractivity contribution in [3.63, 3.8) is 0 Å². The molecule has 1 rings (SSSR count). The molecule has 0 aliphatic carbocycles. The molecule has 0 aliphatic rings. The maximum atomic E-state index is 11.0. The smallest absolute Gasteiger partial charge is 0.309 e. The fourth-order valence-corrected chi connectivity index (χ4v) is 3.00. The zero-order valence-corrected chi connectivity index (χ0v) is 10.3. The highest BCUT2D eigenvalue weighted by atomic mass is 32.2. The topological polar surface area (TPSA) is 93.3 Å². The normalized spacial score (nSPS) is 12.3. The molecule has 0 fully saturated rings. The molecule has 0 aromatic carbocycles. The molecule has 1 aromatic rings. The molecule has 1 atom stereocenters. The van der Waals surface area contributed by atoms with Gasteiger partial charge in [-0.25, -0.2) is 4.98 Å². The molecule has 1 heterocycles. The quantitative estimate of drug-likeness (QED) is 0.748. The minimum absolute atomic E-state index is 0.0928. The standard InChI is InChI=1S/C9H12N2O3S2/c1-2-6(8(10)14)16-9-11-5(4-15-9)3-7(12)13/h4,6H,2-3H2,1H3,(H2,10,14)(H,12,13). The van der Waals surface area contributed by atoms with Crippen molar-refractivity contribution in [2.75, 3.05) is 0 Å². The van der Waals surface area contributed by atoms with Gasteiger partial charge in [0, 0.05) is 5.38 Å². The number of hydrogen-bond acceptors (Lipinski definition) is 5. The molecule has 3 N–H and O–H groups in total. The monoisotopic (exact) mass is 260 g/mol. The summed E-state index contributed by atoms with van der Waals surface area (Å²) in [5.41, 5.74) is 5.72. The number of amides is 1. The largest absolute Gasteiger partial charge is 0.481 e. The SMILES string of the molecule is CCC(Sc1nc(CC(=O)O)cs1)C(N)=O. The molecule has 16 heavy (non-hydrogen) atoms. The molecule has 0 bridgehead atoms. The number of aromatic nitrogens is 1. The lowest BCUT2D eigenvalue weighted by Crippen LogP contribution is -2.24. The lowest BCUT2D eigenvalue weighted by atomic mass is 10.3. The predicted molar refractivity (Wildman–Crippen MR) is 62.6 cm³/mol. The van der Waals surface area contributed by atoms with Crippen molar-refractivity contribution in [2.45, 2.75) is 29.4 Å². The zero-order chi connectivity index (χ0) is 12.1. The third-order valence-electron chi connectivity index (χ3n) is 1.79. The first-order chi connectivity index (χ1) is 7.52. The van der Waals surface area contributed by atoms with Gasteiger partial charge in [0.1, 0.15) is 0 Å². The van der Waals surface area contributed by atoms with Crippen LogP contribution < -0.4 is 5.73 Å². The van der Waals surface area contributed by atoms with Crippen LogP contribution in [0.2, 0.25) is 0 Å². The van der Waals surface area contributed by atoms with Gasteiger partial charge in [-0.15, -0.1) is 11.3 Å². The Labute approximate surface area is 101 Å². The van der Waals surface area contributed by atoms with Gasteiger partial charge in [-0.3, -0.25) is 9.59 Å². The van der Waals surface area contributed by atoms with Crippen molar-refractivity contribution in [1.82, 2.24) is 4.98 Å². The minimum atomic E-state index is -0.913. The van der Waals surface area contributed by atoms with Crippen molar-refractivity contribution < 1.29 is 14.7 Å². The van der Waals surface area contributed by atoms with Crippen LogP contribution in [0.1, 0.15) is 19.0 Å². The first-order valence-corrected chi connectivity index (χ1v) is 6.41. The van der Waals surface area contributed by atoms with Gasteiger partial charge in [-0.1, -0.05) is 18.7 Å². The summed E-state index contributed by atoms with van der Waals surface area (Å²) in [6.07, 6.45) is 0.540. The summed E-state index contributed by atoms with van der Waals surface area (Å²) in [6, 6.07) is 0. The van der Waals surface area contributed by atoms with Gasteiger partial charge >= 0.3 is 5.97 Å². The van der Waals surface area contributed by atoms with Crippen LogP contribution in [0.4, 0.5) is 0 Å². The highest BCUT2D eigenvalue weighted by Crippen LogP contribution is 2.28. The van der Waals surface area contributed by atoms with Crippen LogP contribution in [0.3, 0.4) is 0 Å². The molecular formula is C9H12N2O3S2. The summed E-state index contributed by atoms with van der Waals surface area (Å²) in [5.74, 6) is -1.29. The van der Waals surface area contributed by atoms with Crippen molar-refractivity contribution in [1.29, 1.82) is 0 Å². The Morgan fingerprint density at radius 3 is 2.88 bits per heavy atom. The summed E-state index contributed by atoms with van der Waals surface area (Å²) >= 11 is 2.62. The van der Waals surface area contributed by atoms with E-state index in [1.165, 1.54) is 23.1 Å². The van der Waals surface area contributed by atoms with Crippen LogP contribution >= 0.6 is 23.1 Å². The summed E-state index contributed by atoms with van der Waals surface area (Å²) in [6.45, 7) is 1.87. The van der Waals surface area contributed by atoms with E-state index in [2.05, 4.69) is 4.98 Å². The number of thiazole rings is 1. The van der Waals surface area contributed by atoms with Crippen molar-refractivity contribution >= 4 is 35.0 Å². The molecule has 1 unspecified atom stereocenters. The predicted octanol–water partition coefficient (Wildman–Crippen LogP) is 1.13. The third-order valence-corrected chi connectivity index (χ3v) is 4.20. The van der Waals surface area contributed by atoms with E-state index in [-0.39, 0.29) is 17.6 Å². The third kappa shape index (κ3) is 3.82. The van der Waals surface area contributed by atoms with Gasteiger partial charge in [0.2, 0.25) is 5.91 Å². The number of carbonyl (C=O) groups excluding carboxylic acids is 1. The van der Waals surface area contributed by atoms with E-state index in [0.29, 0.717) is 16.5 Å². The van der Waals surface area contributed by atoms with Gasteiger partial charge in [0.05, 0.1) is 17.4 Å². The van der Waals surface area contributed by atoms with E-state index >= 15 is 0 Å². The second-order valence-corrected chi connectivity index (χ2v) is 5.40. The van der Waals surface area contributed by atoms with Gasteiger partial charge in [0.15, 0.2) is 4.34 Å². The Hall–Kier alpha value is -1.08. The molecular weight excluding hydrogens is 248 g/mol. The maximum absolute atomic E-state index is 11.0. The van der Waals surface area contributed by atoms with E-state index in [4.69, 9.17) is 10.8 Å². The van der Waals surface area contributed by atoms with E-state index in [1.807, 2.05) is 6.92 Å². The maximum Gasteiger partial charge on any atom is 0.309 e. The highest BCUT2D eigenvalue weighted by molar-refractivity contribution is 8.02. The Bertz CT molecular complexity index is 392. The van der Waals surface area contributed by atoms with Crippen molar-refractivity contribution in [2.24, 2.45) is 5.73 Å². The molecule has 0 saturated heterocycles. The number of nitrogens with two attached hydrogens (primary N) is 1. The number of hydrogen-bond donors (Lipinski definition) is 2. The van der Waals surface area contributed by atoms with Gasteiger partial charge in [0.25, 0.3) is 0 Å². The number of nitrogens with zero attached hydrogens (tertiary/aromatic N) is 1. The van der Waals surface area contributed by atoms with Crippen molar-refractivity contribution in [3.05, 3.63) is 11.1 Å². The zero-order valence-electron chi connectivity index (χ0n) is 8.67. The molecule has 1 amide bonds. The average molecular weight is 260 g/mol. The fourth-order valence-electron chi connectivity index (χ4n) is 1.04.